The lowest BCUT2D eigenvalue weighted by molar-refractivity contribution is -0.120. The maximum absolute atomic E-state index is 13.1. The van der Waals surface area contributed by atoms with E-state index in [2.05, 4.69) is 34.7 Å². The molecule has 0 spiro atoms. The molecule has 27 heavy (non-hydrogen) atoms. The van der Waals surface area contributed by atoms with Crippen LogP contribution in [-0.2, 0) is 11.2 Å². The summed E-state index contributed by atoms with van der Waals surface area (Å²) in [6.07, 6.45) is 2.05. The second kappa shape index (κ2) is 10.9. The van der Waals surface area contributed by atoms with Gasteiger partial charge in [-0.15, -0.1) is 0 Å². The lowest BCUT2D eigenvalue weighted by atomic mass is 10.0. The van der Waals surface area contributed by atoms with E-state index >= 15 is 0 Å². The van der Waals surface area contributed by atoms with E-state index in [0.29, 0.717) is 24.6 Å². The van der Waals surface area contributed by atoms with Gasteiger partial charge in [-0.3, -0.25) is 4.79 Å². The highest BCUT2D eigenvalue weighted by Crippen LogP contribution is 2.11. The third kappa shape index (κ3) is 8.39. The normalized spacial score (nSPS) is 15.6. The summed E-state index contributed by atoms with van der Waals surface area (Å²) in [5.74, 6) is 0.114. The number of nitrogens with one attached hydrogen (secondary N) is 3. The van der Waals surface area contributed by atoms with Crippen LogP contribution in [0, 0.1) is 11.7 Å². The van der Waals surface area contributed by atoms with E-state index in [1.807, 2.05) is 0 Å². The first-order valence-electron chi connectivity index (χ1n) is 9.70. The Bertz CT molecular complexity index is 616. The van der Waals surface area contributed by atoms with Crippen molar-refractivity contribution in [1.82, 2.24) is 20.9 Å². The summed E-state index contributed by atoms with van der Waals surface area (Å²) in [5, 5.41) is 8.48. The summed E-state index contributed by atoms with van der Waals surface area (Å²) in [6.45, 7) is 8.26. The molecule has 3 amide bonds. The maximum atomic E-state index is 13.1. The number of amides is 3. The predicted octanol–water partition coefficient (Wildman–Crippen LogP) is 1.90. The molecule has 0 aliphatic carbocycles. The fourth-order valence-corrected chi connectivity index (χ4v) is 3.29. The number of benzene rings is 1. The van der Waals surface area contributed by atoms with Crippen molar-refractivity contribution in [3.8, 4) is 0 Å². The van der Waals surface area contributed by atoms with Crippen LogP contribution in [-0.4, -0.2) is 55.6 Å². The molecule has 1 fully saturated rings. The van der Waals surface area contributed by atoms with Crippen molar-refractivity contribution in [2.45, 2.75) is 39.2 Å². The molecule has 0 unspecified atom stereocenters. The lowest BCUT2D eigenvalue weighted by Gasteiger charge is -2.33. The number of hydrogen-bond donors (Lipinski definition) is 3. The molecule has 6 nitrogen and oxygen atoms in total. The van der Waals surface area contributed by atoms with Crippen molar-refractivity contribution >= 4 is 11.9 Å². The number of piperidine rings is 1. The van der Waals surface area contributed by atoms with Crippen LogP contribution in [0.15, 0.2) is 24.3 Å². The summed E-state index contributed by atoms with van der Waals surface area (Å²) in [6, 6.07) is 5.99. The molecular weight excluding hydrogens is 347 g/mol. The first-order chi connectivity index (χ1) is 12.9. The summed E-state index contributed by atoms with van der Waals surface area (Å²) in [4.78, 5) is 26.2. The molecule has 0 aromatic heterocycles. The minimum Gasteiger partial charge on any atom is -0.354 e. The van der Waals surface area contributed by atoms with Gasteiger partial charge < -0.3 is 20.9 Å². The molecule has 0 saturated carbocycles. The van der Waals surface area contributed by atoms with Crippen LogP contribution < -0.4 is 16.0 Å². The van der Waals surface area contributed by atoms with E-state index in [-0.39, 0.29) is 30.2 Å². The van der Waals surface area contributed by atoms with Gasteiger partial charge in [0, 0.05) is 38.8 Å². The number of carbonyl (C=O) groups excluding carboxylic acids is 2. The van der Waals surface area contributed by atoms with Gasteiger partial charge >= 0.3 is 6.03 Å². The molecule has 1 aliphatic rings. The van der Waals surface area contributed by atoms with E-state index in [4.69, 9.17) is 0 Å². The monoisotopic (exact) mass is 378 g/mol. The molecule has 150 valence electrons. The van der Waals surface area contributed by atoms with Crippen LogP contribution in [0.3, 0.4) is 0 Å². The average Bonchev–Trinajstić information content (AvgIpc) is 2.60. The van der Waals surface area contributed by atoms with E-state index in [1.54, 1.807) is 12.1 Å². The first-order valence-corrected chi connectivity index (χ1v) is 9.70. The highest BCUT2D eigenvalue weighted by molar-refractivity contribution is 5.78. The zero-order valence-electron chi connectivity index (χ0n) is 16.3. The second-order valence-corrected chi connectivity index (χ2v) is 7.53. The minimum atomic E-state index is -0.353. The van der Waals surface area contributed by atoms with Gasteiger partial charge in [-0.05, 0) is 36.5 Å². The molecule has 7 heteroatoms. The Balaban J connectivity index is 1.55. The van der Waals surface area contributed by atoms with Crippen LogP contribution in [0.2, 0.25) is 0 Å². The standard InChI is InChI=1S/C20H31FN4O2/c1-15(2)14-25-10-6-18(7-11-25)24-20(27)23-9-8-22-19(26)13-16-4-3-5-17(21)12-16/h3-5,12,15,18H,6-11,13-14H2,1-2H3,(H,22,26)(H2,23,24,27). The number of carbonyl (C=O) groups is 2. The predicted molar refractivity (Wildman–Crippen MR) is 104 cm³/mol. The lowest BCUT2D eigenvalue weighted by Crippen LogP contribution is -2.49. The number of hydrogen-bond acceptors (Lipinski definition) is 3. The van der Waals surface area contributed by atoms with Crippen LogP contribution in [0.4, 0.5) is 9.18 Å². The van der Waals surface area contributed by atoms with E-state index in [0.717, 1.165) is 32.5 Å². The molecule has 1 aromatic rings. The molecular formula is C20H31FN4O2. The van der Waals surface area contributed by atoms with E-state index < -0.39 is 0 Å². The second-order valence-electron chi connectivity index (χ2n) is 7.53. The fraction of sp³-hybridized carbons (Fsp3) is 0.600. The molecule has 1 aliphatic heterocycles. The Morgan fingerprint density at radius 1 is 1.19 bits per heavy atom. The number of likely N-dealkylation sites (tertiary alicyclic amines) is 1. The molecule has 0 atom stereocenters. The molecule has 2 rings (SSSR count). The van der Waals surface area contributed by atoms with Gasteiger partial charge in [-0.2, -0.15) is 0 Å². The van der Waals surface area contributed by atoms with E-state index in [9.17, 15) is 14.0 Å². The van der Waals surface area contributed by atoms with Gasteiger partial charge in [0.05, 0.1) is 6.42 Å². The summed E-state index contributed by atoms with van der Waals surface area (Å²) in [5.41, 5.74) is 0.627. The quantitative estimate of drug-likeness (QED) is 0.605. The van der Waals surface area contributed by atoms with Crippen molar-refractivity contribution in [3.63, 3.8) is 0 Å². The highest BCUT2D eigenvalue weighted by atomic mass is 19.1. The van der Waals surface area contributed by atoms with Crippen molar-refractivity contribution in [2.75, 3.05) is 32.7 Å². The maximum Gasteiger partial charge on any atom is 0.315 e. The summed E-state index contributed by atoms with van der Waals surface area (Å²) < 4.78 is 13.1. The third-order valence-corrected chi connectivity index (χ3v) is 4.53. The zero-order chi connectivity index (χ0) is 19.6. The Hall–Kier alpha value is -2.15. The molecule has 1 saturated heterocycles. The number of urea groups is 1. The topological polar surface area (TPSA) is 73.5 Å². The van der Waals surface area contributed by atoms with Gasteiger partial charge in [0.25, 0.3) is 0 Å². The zero-order valence-corrected chi connectivity index (χ0v) is 16.3. The molecule has 1 heterocycles. The number of rotatable bonds is 8. The van der Waals surface area contributed by atoms with Gasteiger partial charge in [0.2, 0.25) is 5.91 Å². The fourth-order valence-electron chi connectivity index (χ4n) is 3.29. The van der Waals surface area contributed by atoms with Gasteiger partial charge in [0.15, 0.2) is 0 Å². The highest BCUT2D eigenvalue weighted by Gasteiger charge is 2.20. The SMILES string of the molecule is CC(C)CN1CCC(NC(=O)NCCNC(=O)Cc2cccc(F)c2)CC1. The van der Waals surface area contributed by atoms with Crippen molar-refractivity contribution in [2.24, 2.45) is 5.92 Å². The minimum absolute atomic E-state index is 0.124. The first kappa shape index (κ1) is 21.2. The van der Waals surface area contributed by atoms with Crippen molar-refractivity contribution < 1.29 is 14.0 Å². The van der Waals surface area contributed by atoms with Crippen LogP contribution in [0.25, 0.3) is 0 Å². The Morgan fingerprint density at radius 3 is 2.56 bits per heavy atom. The Morgan fingerprint density at radius 2 is 1.89 bits per heavy atom. The number of nitrogens with zero attached hydrogens (tertiary/aromatic N) is 1. The summed E-state index contributed by atoms with van der Waals surface area (Å²) >= 11 is 0. The Labute approximate surface area is 160 Å². The van der Waals surface area contributed by atoms with Crippen molar-refractivity contribution in [3.05, 3.63) is 35.6 Å². The van der Waals surface area contributed by atoms with Crippen LogP contribution in [0.1, 0.15) is 32.3 Å². The smallest absolute Gasteiger partial charge is 0.315 e. The van der Waals surface area contributed by atoms with Crippen LogP contribution >= 0.6 is 0 Å². The van der Waals surface area contributed by atoms with Crippen LogP contribution in [0.5, 0.6) is 0 Å². The van der Waals surface area contributed by atoms with E-state index in [1.165, 1.54) is 12.1 Å². The largest absolute Gasteiger partial charge is 0.354 e. The van der Waals surface area contributed by atoms with Crippen molar-refractivity contribution in [1.29, 1.82) is 0 Å². The summed E-state index contributed by atoms with van der Waals surface area (Å²) in [7, 11) is 0. The molecule has 0 radical (unpaired) electrons. The number of halogens is 1. The van der Waals surface area contributed by atoms with Gasteiger partial charge in [-0.1, -0.05) is 26.0 Å². The molecule has 0 bridgehead atoms. The Kier molecular flexibility index (Phi) is 8.51. The van der Waals surface area contributed by atoms with Gasteiger partial charge in [0.1, 0.15) is 5.82 Å². The third-order valence-electron chi connectivity index (χ3n) is 4.53. The molecule has 1 aromatic carbocycles. The molecule has 3 N–H and O–H groups in total. The average molecular weight is 378 g/mol. The van der Waals surface area contributed by atoms with Gasteiger partial charge in [-0.25, -0.2) is 9.18 Å².